The summed E-state index contributed by atoms with van der Waals surface area (Å²) in [5, 5.41) is 5.29. The van der Waals surface area contributed by atoms with Crippen LogP contribution in [0.2, 0.25) is 0 Å². The first-order chi connectivity index (χ1) is 12.4. The van der Waals surface area contributed by atoms with Crippen molar-refractivity contribution in [1.29, 1.82) is 0 Å². The SMILES string of the molecule is CCCNC(=O)[C@H](C)NC(=O)c1ccccc1S(=O)(=O)N1CCCCC1. The quantitative estimate of drug-likeness (QED) is 0.748. The highest BCUT2D eigenvalue weighted by molar-refractivity contribution is 7.89. The molecule has 7 nitrogen and oxygen atoms in total. The molecule has 1 atom stereocenters. The van der Waals surface area contributed by atoms with Gasteiger partial charge in [-0.1, -0.05) is 25.5 Å². The van der Waals surface area contributed by atoms with Crippen LogP contribution in [-0.2, 0) is 14.8 Å². The van der Waals surface area contributed by atoms with Crippen molar-refractivity contribution in [2.75, 3.05) is 19.6 Å². The van der Waals surface area contributed by atoms with Gasteiger partial charge < -0.3 is 10.6 Å². The van der Waals surface area contributed by atoms with Crippen LogP contribution >= 0.6 is 0 Å². The van der Waals surface area contributed by atoms with Gasteiger partial charge in [0.1, 0.15) is 6.04 Å². The molecular formula is C18H27N3O4S. The summed E-state index contributed by atoms with van der Waals surface area (Å²) in [7, 11) is -3.74. The highest BCUT2D eigenvalue weighted by Crippen LogP contribution is 2.23. The van der Waals surface area contributed by atoms with E-state index in [9.17, 15) is 18.0 Å². The third-order valence-electron chi connectivity index (χ3n) is 4.35. The Kier molecular flexibility index (Phi) is 7.16. The van der Waals surface area contributed by atoms with Crippen LogP contribution in [0.5, 0.6) is 0 Å². The molecule has 0 aromatic heterocycles. The van der Waals surface area contributed by atoms with Gasteiger partial charge in [-0.05, 0) is 38.3 Å². The van der Waals surface area contributed by atoms with Crippen molar-refractivity contribution in [1.82, 2.24) is 14.9 Å². The number of amides is 2. The molecule has 1 aromatic rings. The van der Waals surface area contributed by atoms with Gasteiger partial charge >= 0.3 is 0 Å². The number of hydrogen-bond acceptors (Lipinski definition) is 4. The molecule has 0 unspecified atom stereocenters. The molecule has 1 heterocycles. The van der Waals surface area contributed by atoms with Gasteiger partial charge in [0.05, 0.1) is 10.5 Å². The van der Waals surface area contributed by atoms with E-state index in [-0.39, 0.29) is 16.4 Å². The summed E-state index contributed by atoms with van der Waals surface area (Å²) in [6.45, 7) is 4.97. The number of hydrogen-bond donors (Lipinski definition) is 2. The van der Waals surface area contributed by atoms with E-state index in [1.165, 1.54) is 16.4 Å². The number of benzene rings is 1. The predicted molar refractivity (Wildman–Crippen MR) is 99.3 cm³/mol. The maximum absolute atomic E-state index is 12.9. The van der Waals surface area contributed by atoms with Crippen LogP contribution in [0.25, 0.3) is 0 Å². The van der Waals surface area contributed by atoms with Crippen LogP contribution in [0, 0.1) is 0 Å². The predicted octanol–water partition coefficient (Wildman–Crippen LogP) is 1.51. The molecule has 2 N–H and O–H groups in total. The smallest absolute Gasteiger partial charge is 0.253 e. The van der Waals surface area contributed by atoms with Crippen molar-refractivity contribution in [2.45, 2.75) is 50.5 Å². The van der Waals surface area contributed by atoms with Gasteiger partial charge in [-0.3, -0.25) is 9.59 Å². The van der Waals surface area contributed by atoms with Crippen LogP contribution in [0.1, 0.15) is 49.9 Å². The summed E-state index contributed by atoms with van der Waals surface area (Å²) in [5.41, 5.74) is 0.0632. The van der Waals surface area contributed by atoms with Crippen molar-refractivity contribution in [2.24, 2.45) is 0 Å². The molecule has 0 aliphatic carbocycles. The molecule has 2 rings (SSSR count). The highest BCUT2D eigenvalue weighted by Gasteiger charge is 2.30. The number of carbonyl (C=O) groups excluding carboxylic acids is 2. The van der Waals surface area contributed by atoms with Gasteiger partial charge in [-0.15, -0.1) is 0 Å². The van der Waals surface area contributed by atoms with Crippen LogP contribution in [0.15, 0.2) is 29.2 Å². The number of sulfonamides is 1. The van der Waals surface area contributed by atoms with Crippen LogP contribution in [-0.4, -0.2) is 50.2 Å². The van der Waals surface area contributed by atoms with Gasteiger partial charge in [0.2, 0.25) is 15.9 Å². The minimum Gasteiger partial charge on any atom is -0.354 e. The average molecular weight is 381 g/mol. The first-order valence-corrected chi connectivity index (χ1v) is 10.5. The van der Waals surface area contributed by atoms with Gasteiger partial charge in [-0.2, -0.15) is 4.31 Å². The van der Waals surface area contributed by atoms with Gasteiger partial charge in [0.15, 0.2) is 0 Å². The highest BCUT2D eigenvalue weighted by atomic mass is 32.2. The summed E-state index contributed by atoms with van der Waals surface area (Å²) in [6, 6.07) is 5.39. The Morgan fingerprint density at radius 1 is 1.15 bits per heavy atom. The van der Waals surface area contributed by atoms with E-state index in [0.717, 1.165) is 25.7 Å². The summed E-state index contributed by atoms with van der Waals surface area (Å²) in [6.07, 6.45) is 3.45. The van der Waals surface area contributed by atoms with Gasteiger partial charge in [0.25, 0.3) is 5.91 Å². The standard InChI is InChI=1S/C18H27N3O4S/c1-3-11-19-17(22)14(2)20-18(23)15-9-5-6-10-16(15)26(24,25)21-12-7-4-8-13-21/h5-6,9-10,14H,3-4,7-8,11-13H2,1-2H3,(H,19,22)(H,20,23)/t14-/m0/s1. The zero-order chi connectivity index (χ0) is 19.2. The van der Waals surface area contributed by atoms with Gasteiger partial charge in [0, 0.05) is 19.6 Å². The van der Waals surface area contributed by atoms with Crippen LogP contribution < -0.4 is 10.6 Å². The van der Waals surface area contributed by atoms with Crippen molar-refractivity contribution in [3.8, 4) is 0 Å². The van der Waals surface area contributed by atoms with Crippen LogP contribution in [0.4, 0.5) is 0 Å². The topological polar surface area (TPSA) is 95.6 Å². The summed E-state index contributed by atoms with van der Waals surface area (Å²) in [5.74, 6) is -0.864. The zero-order valence-electron chi connectivity index (χ0n) is 15.3. The Morgan fingerprint density at radius 2 is 1.81 bits per heavy atom. The molecule has 144 valence electrons. The van der Waals surface area contributed by atoms with Crippen molar-refractivity contribution in [3.05, 3.63) is 29.8 Å². The molecule has 1 saturated heterocycles. The Bertz CT molecular complexity index is 743. The van der Waals surface area contributed by atoms with E-state index in [1.807, 2.05) is 6.92 Å². The maximum Gasteiger partial charge on any atom is 0.253 e. The van der Waals surface area contributed by atoms with E-state index < -0.39 is 22.0 Å². The lowest BCUT2D eigenvalue weighted by molar-refractivity contribution is -0.122. The fourth-order valence-corrected chi connectivity index (χ4v) is 4.57. The third kappa shape index (κ3) is 4.82. The zero-order valence-corrected chi connectivity index (χ0v) is 16.1. The second-order valence-electron chi connectivity index (χ2n) is 6.45. The first kappa shape index (κ1) is 20.4. The van der Waals surface area contributed by atoms with E-state index in [2.05, 4.69) is 10.6 Å². The normalized spacial score (nSPS) is 16.7. The molecule has 26 heavy (non-hydrogen) atoms. The lowest BCUT2D eigenvalue weighted by atomic mass is 10.2. The molecule has 0 bridgehead atoms. The molecule has 1 aliphatic heterocycles. The summed E-state index contributed by atoms with van der Waals surface area (Å²) in [4.78, 5) is 24.5. The number of nitrogens with one attached hydrogen (secondary N) is 2. The lowest BCUT2D eigenvalue weighted by Crippen LogP contribution is -2.45. The lowest BCUT2D eigenvalue weighted by Gasteiger charge is -2.26. The van der Waals surface area contributed by atoms with Crippen molar-refractivity contribution < 1.29 is 18.0 Å². The summed E-state index contributed by atoms with van der Waals surface area (Å²) >= 11 is 0. The van der Waals surface area contributed by atoms with Crippen molar-refractivity contribution in [3.63, 3.8) is 0 Å². The van der Waals surface area contributed by atoms with Gasteiger partial charge in [-0.25, -0.2) is 8.42 Å². The number of rotatable bonds is 7. The molecule has 1 aromatic carbocycles. The Balaban J connectivity index is 2.20. The molecule has 1 aliphatic rings. The number of nitrogens with zero attached hydrogens (tertiary/aromatic N) is 1. The Morgan fingerprint density at radius 3 is 2.46 bits per heavy atom. The van der Waals surface area contributed by atoms with E-state index in [1.54, 1.807) is 19.1 Å². The number of piperidine rings is 1. The number of carbonyl (C=O) groups is 2. The molecule has 0 saturated carbocycles. The molecule has 1 fully saturated rings. The molecular weight excluding hydrogens is 354 g/mol. The van der Waals surface area contributed by atoms with Crippen LogP contribution in [0.3, 0.4) is 0 Å². The minimum atomic E-state index is -3.74. The third-order valence-corrected chi connectivity index (χ3v) is 6.31. The monoisotopic (exact) mass is 381 g/mol. The van der Waals surface area contributed by atoms with E-state index in [0.29, 0.717) is 19.6 Å². The Labute approximate surface area is 155 Å². The maximum atomic E-state index is 12.9. The minimum absolute atomic E-state index is 0.0134. The fourth-order valence-electron chi connectivity index (χ4n) is 2.86. The molecule has 2 amide bonds. The average Bonchev–Trinajstić information content (AvgIpc) is 2.66. The second kappa shape index (κ2) is 9.14. The molecule has 0 radical (unpaired) electrons. The Hall–Kier alpha value is -1.93. The first-order valence-electron chi connectivity index (χ1n) is 9.05. The molecule has 0 spiro atoms. The summed E-state index contributed by atoms with van der Waals surface area (Å²) < 4.78 is 27.3. The second-order valence-corrected chi connectivity index (χ2v) is 8.35. The van der Waals surface area contributed by atoms with E-state index in [4.69, 9.17) is 0 Å². The molecule has 8 heteroatoms. The largest absolute Gasteiger partial charge is 0.354 e. The fraction of sp³-hybridized carbons (Fsp3) is 0.556. The van der Waals surface area contributed by atoms with Crippen molar-refractivity contribution >= 4 is 21.8 Å². The van der Waals surface area contributed by atoms with E-state index >= 15 is 0 Å².